The molecule has 0 aromatic rings. The predicted molar refractivity (Wildman–Crippen MR) is 64.0 cm³/mol. The largest absolute Gasteiger partial charge is 0.380 e. The van der Waals surface area contributed by atoms with Gasteiger partial charge in [0.1, 0.15) is 0 Å². The average molecular weight is 226 g/mol. The molecule has 92 valence electrons. The van der Waals surface area contributed by atoms with Crippen molar-refractivity contribution in [2.24, 2.45) is 11.7 Å². The van der Waals surface area contributed by atoms with Crippen molar-refractivity contribution in [1.29, 1.82) is 0 Å². The Balaban J connectivity index is 2.49. The molecule has 1 amide bonds. The highest BCUT2D eigenvalue weighted by Crippen LogP contribution is 2.14. The van der Waals surface area contributed by atoms with Crippen LogP contribution in [0.15, 0.2) is 11.6 Å². The van der Waals surface area contributed by atoms with E-state index in [2.05, 4.69) is 6.08 Å². The molecule has 1 heterocycles. The molecule has 0 aromatic heterocycles. The van der Waals surface area contributed by atoms with Crippen LogP contribution in [0, 0.1) is 5.92 Å². The van der Waals surface area contributed by atoms with E-state index in [9.17, 15) is 4.79 Å². The molecule has 0 aliphatic carbocycles. The second-order valence-electron chi connectivity index (χ2n) is 4.17. The van der Waals surface area contributed by atoms with E-state index >= 15 is 0 Å². The molecular weight excluding hydrogens is 204 g/mol. The van der Waals surface area contributed by atoms with E-state index in [-0.39, 0.29) is 11.8 Å². The number of nitrogens with zero attached hydrogens (tertiary/aromatic N) is 1. The molecule has 1 aliphatic heterocycles. The Morgan fingerprint density at radius 2 is 2.44 bits per heavy atom. The number of hydrogen-bond donors (Lipinski definition) is 1. The van der Waals surface area contributed by atoms with Gasteiger partial charge in [-0.25, -0.2) is 0 Å². The first-order valence-corrected chi connectivity index (χ1v) is 5.88. The Labute approximate surface area is 97.4 Å². The molecule has 0 saturated heterocycles. The first kappa shape index (κ1) is 13.2. The van der Waals surface area contributed by atoms with Crippen molar-refractivity contribution < 1.29 is 9.53 Å². The van der Waals surface area contributed by atoms with E-state index in [0.717, 1.165) is 19.4 Å². The molecule has 1 unspecified atom stereocenters. The minimum atomic E-state index is -0.0163. The van der Waals surface area contributed by atoms with Crippen LogP contribution in [0.25, 0.3) is 0 Å². The first-order chi connectivity index (χ1) is 7.72. The van der Waals surface area contributed by atoms with Crippen LogP contribution >= 0.6 is 0 Å². The summed E-state index contributed by atoms with van der Waals surface area (Å²) in [6, 6.07) is 0. The lowest BCUT2D eigenvalue weighted by atomic mass is 10.0. The highest BCUT2D eigenvalue weighted by Gasteiger charge is 2.22. The molecule has 1 atom stereocenters. The van der Waals surface area contributed by atoms with Crippen molar-refractivity contribution in [1.82, 2.24) is 4.90 Å². The number of methoxy groups -OCH3 is 1. The van der Waals surface area contributed by atoms with Crippen LogP contribution in [0.4, 0.5) is 0 Å². The molecule has 4 nitrogen and oxygen atoms in total. The monoisotopic (exact) mass is 226 g/mol. The summed E-state index contributed by atoms with van der Waals surface area (Å²) in [7, 11) is 1.69. The Morgan fingerprint density at radius 1 is 1.69 bits per heavy atom. The van der Waals surface area contributed by atoms with Crippen LogP contribution in [0.1, 0.15) is 19.8 Å². The van der Waals surface area contributed by atoms with E-state index in [1.807, 2.05) is 11.8 Å². The fourth-order valence-electron chi connectivity index (χ4n) is 1.93. The highest BCUT2D eigenvalue weighted by atomic mass is 16.5. The van der Waals surface area contributed by atoms with Crippen LogP contribution in [0.5, 0.6) is 0 Å². The molecule has 0 saturated carbocycles. The summed E-state index contributed by atoms with van der Waals surface area (Å²) >= 11 is 0. The molecule has 1 aliphatic rings. The SMILES string of the molecule is CCC(CN)C(=O)N1CC=C(COC)CC1. The molecule has 0 spiro atoms. The number of ether oxygens (including phenoxy) is 1. The van der Waals surface area contributed by atoms with Crippen molar-refractivity contribution in [3.8, 4) is 0 Å². The maximum atomic E-state index is 12.0. The van der Waals surface area contributed by atoms with Gasteiger partial charge in [-0.3, -0.25) is 4.79 Å². The van der Waals surface area contributed by atoms with Crippen molar-refractivity contribution in [2.75, 3.05) is 33.4 Å². The molecule has 4 heteroatoms. The van der Waals surface area contributed by atoms with E-state index in [1.165, 1.54) is 5.57 Å². The van der Waals surface area contributed by atoms with E-state index in [1.54, 1.807) is 7.11 Å². The second-order valence-corrected chi connectivity index (χ2v) is 4.17. The van der Waals surface area contributed by atoms with Gasteiger partial charge in [-0.2, -0.15) is 0 Å². The summed E-state index contributed by atoms with van der Waals surface area (Å²) in [5.41, 5.74) is 6.87. The quantitative estimate of drug-likeness (QED) is 0.705. The number of amides is 1. The van der Waals surface area contributed by atoms with Gasteiger partial charge in [0.15, 0.2) is 0 Å². The van der Waals surface area contributed by atoms with Gasteiger partial charge in [0, 0.05) is 26.7 Å². The van der Waals surface area contributed by atoms with Crippen LogP contribution in [-0.2, 0) is 9.53 Å². The van der Waals surface area contributed by atoms with E-state index in [4.69, 9.17) is 10.5 Å². The summed E-state index contributed by atoms with van der Waals surface area (Å²) in [6.45, 7) is 4.63. The molecular formula is C12H22N2O2. The number of carbonyl (C=O) groups is 1. The van der Waals surface area contributed by atoms with Crippen molar-refractivity contribution in [2.45, 2.75) is 19.8 Å². The summed E-state index contributed by atoms with van der Waals surface area (Å²) in [5.74, 6) is 0.176. The second kappa shape index (κ2) is 6.66. The molecule has 2 N–H and O–H groups in total. The van der Waals surface area contributed by atoms with Gasteiger partial charge in [-0.15, -0.1) is 0 Å². The molecule has 0 radical (unpaired) electrons. The fraction of sp³-hybridized carbons (Fsp3) is 0.750. The summed E-state index contributed by atoms with van der Waals surface area (Å²) in [4.78, 5) is 13.9. The maximum absolute atomic E-state index is 12.0. The summed E-state index contributed by atoms with van der Waals surface area (Å²) in [5, 5.41) is 0. The molecule has 0 aromatic carbocycles. The average Bonchev–Trinajstić information content (AvgIpc) is 2.32. The predicted octanol–water partition coefficient (Wildman–Crippen LogP) is 0.776. The fourth-order valence-corrected chi connectivity index (χ4v) is 1.93. The van der Waals surface area contributed by atoms with Crippen molar-refractivity contribution in [3.63, 3.8) is 0 Å². The van der Waals surface area contributed by atoms with Crippen molar-refractivity contribution >= 4 is 5.91 Å². The Morgan fingerprint density at radius 3 is 2.88 bits per heavy atom. The lowest BCUT2D eigenvalue weighted by Gasteiger charge is -2.29. The molecule has 0 fully saturated rings. The third-order valence-electron chi connectivity index (χ3n) is 3.07. The van der Waals surface area contributed by atoms with E-state index < -0.39 is 0 Å². The van der Waals surface area contributed by atoms with Crippen LogP contribution in [0.3, 0.4) is 0 Å². The normalized spacial score (nSPS) is 18.2. The Hall–Kier alpha value is -0.870. The third-order valence-corrected chi connectivity index (χ3v) is 3.07. The zero-order valence-electron chi connectivity index (χ0n) is 10.2. The topological polar surface area (TPSA) is 55.6 Å². The van der Waals surface area contributed by atoms with Gasteiger partial charge in [-0.05, 0) is 18.4 Å². The van der Waals surface area contributed by atoms with Gasteiger partial charge in [0.25, 0.3) is 0 Å². The summed E-state index contributed by atoms with van der Waals surface area (Å²) in [6.07, 6.45) is 3.83. The van der Waals surface area contributed by atoms with Crippen LogP contribution in [0.2, 0.25) is 0 Å². The number of hydrogen-bond acceptors (Lipinski definition) is 3. The van der Waals surface area contributed by atoms with Gasteiger partial charge >= 0.3 is 0 Å². The lowest BCUT2D eigenvalue weighted by Crippen LogP contribution is -2.41. The van der Waals surface area contributed by atoms with Crippen LogP contribution in [-0.4, -0.2) is 44.2 Å². The zero-order chi connectivity index (χ0) is 12.0. The molecule has 0 bridgehead atoms. The van der Waals surface area contributed by atoms with Gasteiger partial charge in [0.2, 0.25) is 5.91 Å². The first-order valence-electron chi connectivity index (χ1n) is 5.88. The van der Waals surface area contributed by atoms with E-state index in [0.29, 0.717) is 19.7 Å². The number of carbonyl (C=O) groups excluding carboxylic acids is 1. The molecule has 16 heavy (non-hydrogen) atoms. The smallest absolute Gasteiger partial charge is 0.227 e. The number of rotatable bonds is 5. The standard InChI is InChI=1S/C12H22N2O2/c1-3-11(8-13)12(15)14-6-4-10(5-7-14)9-16-2/h4,11H,3,5-9,13H2,1-2H3. The van der Waals surface area contributed by atoms with Gasteiger partial charge in [0.05, 0.1) is 12.5 Å². The number of nitrogens with two attached hydrogens (primary N) is 1. The molecule has 1 rings (SSSR count). The lowest BCUT2D eigenvalue weighted by molar-refractivity contribution is -0.135. The maximum Gasteiger partial charge on any atom is 0.227 e. The minimum Gasteiger partial charge on any atom is -0.380 e. The van der Waals surface area contributed by atoms with Gasteiger partial charge < -0.3 is 15.4 Å². The minimum absolute atomic E-state index is 0.0163. The highest BCUT2D eigenvalue weighted by molar-refractivity contribution is 5.79. The van der Waals surface area contributed by atoms with Crippen LogP contribution < -0.4 is 5.73 Å². The summed E-state index contributed by atoms with van der Waals surface area (Å²) < 4.78 is 5.08. The third kappa shape index (κ3) is 3.32. The van der Waals surface area contributed by atoms with Crippen molar-refractivity contribution in [3.05, 3.63) is 11.6 Å². The van der Waals surface area contributed by atoms with Gasteiger partial charge in [-0.1, -0.05) is 13.0 Å². The zero-order valence-corrected chi connectivity index (χ0v) is 10.2. The Kier molecular flexibility index (Phi) is 5.49. The Bertz CT molecular complexity index is 260.